The topological polar surface area (TPSA) is 41.6 Å². The molecule has 1 aliphatic heterocycles. The standard InChI is InChI=1S/C19H22N2O2/c1-21(2)19(22)11-14-7-9-16(10-8-14)20-13-17-12-15-5-3-4-6-18(15)23-17/h3-10,17,20H,11-13H2,1-2H3. The van der Waals surface area contributed by atoms with E-state index in [4.69, 9.17) is 4.74 Å². The molecule has 0 aliphatic carbocycles. The van der Waals surface area contributed by atoms with Crippen LogP contribution in [0.1, 0.15) is 11.1 Å². The summed E-state index contributed by atoms with van der Waals surface area (Å²) in [6, 6.07) is 16.2. The van der Waals surface area contributed by atoms with Crippen LogP contribution >= 0.6 is 0 Å². The van der Waals surface area contributed by atoms with E-state index in [1.165, 1.54) is 5.56 Å². The molecular weight excluding hydrogens is 288 g/mol. The molecule has 2 aromatic rings. The van der Waals surface area contributed by atoms with Gasteiger partial charge in [0.05, 0.1) is 13.0 Å². The van der Waals surface area contributed by atoms with E-state index in [1.807, 2.05) is 42.5 Å². The normalized spacial score (nSPS) is 15.7. The van der Waals surface area contributed by atoms with E-state index in [1.54, 1.807) is 19.0 Å². The molecule has 0 spiro atoms. The minimum atomic E-state index is 0.114. The van der Waals surface area contributed by atoms with Crippen molar-refractivity contribution in [2.24, 2.45) is 0 Å². The molecule has 0 radical (unpaired) electrons. The average Bonchev–Trinajstić information content (AvgIpc) is 2.97. The highest BCUT2D eigenvalue weighted by Crippen LogP contribution is 2.28. The van der Waals surface area contributed by atoms with E-state index in [-0.39, 0.29) is 12.0 Å². The van der Waals surface area contributed by atoms with Gasteiger partial charge in [0.25, 0.3) is 0 Å². The van der Waals surface area contributed by atoms with E-state index in [2.05, 4.69) is 11.4 Å². The minimum absolute atomic E-state index is 0.114. The Morgan fingerprint density at radius 2 is 1.91 bits per heavy atom. The molecule has 4 heteroatoms. The first kappa shape index (κ1) is 15.4. The Balaban J connectivity index is 1.51. The van der Waals surface area contributed by atoms with Crippen molar-refractivity contribution in [3.05, 3.63) is 59.7 Å². The SMILES string of the molecule is CN(C)C(=O)Cc1ccc(NCC2Cc3ccccc3O2)cc1. The zero-order valence-electron chi connectivity index (χ0n) is 13.6. The predicted molar refractivity (Wildman–Crippen MR) is 91.9 cm³/mol. The van der Waals surface area contributed by atoms with Crippen LogP contribution in [0.4, 0.5) is 5.69 Å². The van der Waals surface area contributed by atoms with Gasteiger partial charge >= 0.3 is 0 Å². The molecule has 23 heavy (non-hydrogen) atoms. The molecule has 3 rings (SSSR count). The maximum Gasteiger partial charge on any atom is 0.226 e. The van der Waals surface area contributed by atoms with E-state index in [0.29, 0.717) is 6.42 Å². The van der Waals surface area contributed by atoms with Crippen LogP contribution in [0.5, 0.6) is 5.75 Å². The number of ether oxygens (including phenoxy) is 1. The molecule has 120 valence electrons. The number of para-hydroxylation sites is 1. The molecule has 1 aliphatic rings. The lowest BCUT2D eigenvalue weighted by molar-refractivity contribution is -0.127. The largest absolute Gasteiger partial charge is 0.488 e. The summed E-state index contributed by atoms with van der Waals surface area (Å²) in [6.07, 6.45) is 1.55. The van der Waals surface area contributed by atoms with Crippen molar-refractivity contribution in [2.45, 2.75) is 18.9 Å². The number of rotatable bonds is 5. The molecule has 0 aromatic heterocycles. The average molecular weight is 310 g/mol. The Kier molecular flexibility index (Phi) is 4.51. The molecule has 0 fully saturated rings. The summed E-state index contributed by atoms with van der Waals surface area (Å²) < 4.78 is 5.92. The second-order valence-corrected chi connectivity index (χ2v) is 6.09. The van der Waals surface area contributed by atoms with Crippen LogP contribution in [0.15, 0.2) is 48.5 Å². The number of hydrogen-bond acceptors (Lipinski definition) is 3. The van der Waals surface area contributed by atoms with Gasteiger partial charge in [-0.25, -0.2) is 0 Å². The van der Waals surface area contributed by atoms with E-state index >= 15 is 0 Å². The van der Waals surface area contributed by atoms with E-state index in [9.17, 15) is 4.79 Å². The van der Waals surface area contributed by atoms with Crippen LogP contribution < -0.4 is 10.1 Å². The first-order valence-electron chi connectivity index (χ1n) is 7.89. The summed E-state index contributed by atoms with van der Waals surface area (Å²) >= 11 is 0. The fraction of sp³-hybridized carbons (Fsp3) is 0.316. The highest BCUT2D eigenvalue weighted by atomic mass is 16.5. The molecule has 4 nitrogen and oxygen atoms in total. The number of nitrogens with zero attached hydrogens (tertiary/aromatic N) is 1. The van der Waals surface area contributed by atoms with Gasteiger partial charge in [0.1, 0.15) is 11.9 Å². The summed E-state index contributed by atoms with van der Waals surface area (Å²) in [5.41, 5.74) is 3.35. The maximum atomic E-state index is 11.7. The minimum Gasteiger partial charge on any atom is -0.488 e. The van der Waals surface area contributed by atoms with Crippen molar-refractivity contribution in [1.29, 1.82) is 0 Å². The first-order chi connectivity index (χ1) is 11.1. The van der Waals surface area contributed by atoms with Crippen LogP contribution in [0, 0.1) is 0 Å². The van der Waals surface area contributed by atoms with Gasteiger partial charge in [0, 0.05) is 26.2 Å². The Labute approximate surface area is 137 Å². The molecule has 0 bridgehead atoms. The number of carbonyl (C=O) groups excluding carboxylic acids is 1. The van der Waals surface area contributed by atoms with Gasteiger partial charge in [-0.2, -0.15) is 0 Å². The van der Waals surface area contributed by atoms with Gasteiger partial charge in [-0.05, 0) is 29.3 Å². The third-order valence-corrected chi connectivity index (χ3v) is 4.06. The number of fused-ring (bicyclic) bond motifs is 1. The van der Waals surface area contributed by atoms with Crippen molar-refractivity contribution < 1.29 is 9.53 Å². The van der Waals surface area contributed by atoms with Gasteiger partial charge in [-0.3, -0.25) is 4.79 Å². The molecule has 0 saturated carbocycles. The molecule has 0 saturated heterocycles. The van der Waals surface area contributed by atoms with Crippen LogP contribution in [-0.2, 0) is 17.6 Å². The number of carbonyl (C=O) groups is 1. The molecular formula is C19H22N2O2. The lowest BCUT2D eigenvalue weighted by Gasteiger charge is -2.14. The zero-order valence-corrected chi connectivity index (χ0v) is 13.6. The molecule has 1 amide bonds. The van der Waals surface area contributed by atoms with Crippen LogP contribution in [0.3, 0.4) is 0 Å². The third-order valence-electron chi connectivity index (χ3n) is 4.06. The fourth-order valence-corrected chi connectivity index (χ4v) is 2.67. The molecule has 2 aromatic carbocycles. The number of likely N-dealkylation sites (N-methyl/N-ethyl adjacent to an activating group) is 1. The Morgan fingerprint density at radius 1 is 1.17 bits per heavy atom. The maximum absolute atomic E-state index is 11.7. The highest BCUT2D eigenvalue weighted by Gasteiger charge is 2.21. The third kappa shape index (κ3) is 3.83. The van der Waals surface area contributed by atoms with Crippen molar-refractivity contribution in [2.75, 3.05) is 26.0 Å². The Hall–Kier alpha value is -2.49. The number of amides is 1. The van der Waals surface area contributed by atoms with Crippen LogP contribution in [0.25, 0.3) is 0 Å². The van der Waals surface area contributed by atoms with Gasteiger partial charge in [0.15, 0.2) is 0 Å². The lowest BCUT2D eigenvalue weighted by Crippen LogP contribution is -2.24. The molecule has 1 atom stereocenters. The van der Waals surface area contributed by atoms with Gasteiger partial charge in [-0.1, -0.05) is 30.3 Å². The Morgan fingerprint density at radius 3 is 2.61 bits per heavy atom. The summed E-state index contributed by atoms with van der Waals surface area (Å²) in [7, 11) is 3.55. The molecule has 1 heterocycles. The highest BCUT2D eigenvalue weighted by molar-refractivity contribution is 5.78. The fourth-order valence-electron chi connectivity index (χ4n) is 2.67. The van der Waals surface area contributed by atoms with Crippen molar-refractivity contribution in [1.82, 2.24) is 4.90 Å². The van der Waals surface area contributed by atoms with Crippen molar-refractivity contribution >= 4 is 11.6 Å². The zero-order chi connectivity index (χ0) is 16.2. The summed E-state index contributed by atoms with van der Waals surface area (Å²) in [5, 5.41) is 3.40. The first-order valence-corrected chi connectivity index (χ1v) is 7.89. The van der Waals surface area contributed by atoms with Crippen LogP contribution in [0.2, 0.25) is 0 Å². The van der Waals surface area contributed by atoms with Gasteiger partial charge in [0.2, 0.25) is 5.91 Å². The monoisotopic (exact) mass is 310 g/mol. The summed E-state index contributed by atoms with van der Waals surface area (Å²) in [4.78, 5) is 13.3. The smallest absolute Gasteiger partial charge is 0.226 e. The van der Waals surface area contributed by atoms with Crippen molar-refractivity contribution in [3.63, 3.8) is 0 Å². The lowest BCUT2D eigenvalue weighted by atomic mass is 10.1. The molecule has 1 unspecified atom stereocenters. The van der Waals surface area contributed by atoms with Crippen molar-refractivity contribution in [3.8, 4) is 5.75 Å². The predicted octanol–water partition coefficient (Wildman–Crippen LogP) is 2.73. The van der Waals surface area contributed by atoms with Crippen LogP contribution in [-0.4, -0.2) is 37.6 Å². The number of benzene rings is 2. The second-order valence-electron chi connectivity index (χ2n) is 6.09. The van der Waals surface area contributed by atoms with Gasteiger partial charge < -0.3 is 15.0 Å². The second kappa shape index (κ2) is 6.73. The number of anilines is 1. The summed E-state index contributed by atoms with van der Waals surface area (Å²) in [5.74, 6) is 1.11. The van der Waals surface area contributed by atoms with E-state index in [0.717, 1.165) is 30.0 Å². The summed E-state index contributed by atoms with van der Waals surface area (Å²) in [6.45, 7) is 0.769. The number of hydrogen-bond donors (Lipinski definition) is 1. The molecule has 1 N–H and O–H groups in total. The van der Waals surface area contributed by atoms with E-state index < -0.39 is 0 Å². The Bertz CT molecular complexity index is 655. The quantitative estimate of drug-likeness (QED) is 0.923. The van der Waals surface area contributed by atoms with Gasteiger partial charge in [-0.15, -0.1) is 0 Å². The number of nitrogens with one attached hydrogen (secondary N) is 1.